The highest BCUT2D eigenvalue weighted by Gasteiger charge is 2.24. The van der Waals surface area contributed by atoms with Gasteiger partial charge in [0.15, 0.2) is 0 Å². The monoisotopic (exact) mass is 452 g/mol. The minimum Gasteiger partial charge on any atom is -0.381 e. The van der Waals surface area contributed by atoms with Crippen LogP contribution in [0.2, 0.25) is 5.02 Å². The van der Waals surface area contributed by atoms with Gasteiger partial charge in [0.2, 0.25) is 5.82 Å². The number of H-pyrrole nitrogens is 2. The predicted octanol–water partition coefficient (Wildman–Crippen LogP) is 3.68. The van der Waals surface area contributed by atoms with E-state index in [1.54, 1.807) is 7.11 Å². The summed E-state index contributed by atoms with van der Waals surface area (Å²) < 4.78 is 5.48. The number of amides is 1. The van der Waals surface area contributed by atoms with Crippen molar-refractivity contribution in [2.24, 2.45) is 0 Å². The standard InChI is InChI=1S/C23H25ClN6O2/c1-32-15-8-11-30(12-9-15)22-16-13-17-20(18(24)19(16)28-29-22)27-21(26-17)23(31)25-10-7-14-5-3-2-4-6-14/h2-6,13,15,28-29H,7-12H2,1H3,(H,25,31). The number of ether oxygens (including phenoxy) is 1. The fourth-order valence-electron chi connectivity index (χ4n) is 4.27. The molecule has 8 nitrogen and oxygen atoms in total. The molecule has 0 unspecified atom stereocenters. The summed E-state index contributed by atoms with van der Waals surface area (Å²) in [5.41, 5.74) is 3.06. The zero-order valence-corrected chi connectivity index (χ0v) is 18.6. The van der Waals surface area contributed by atoms with E-state index in [9.17, 15) is 4.79 Å². The van der Waals surface area contributed by atoms with Crippen LogP contribution in [0.25, 0.3) is 21.9 Å². The molecule has 1 aliphatic heterocycles. The van der Waals surface area contributed by atoms with E-state index < -0.39 is 0 Å². The number of nitrogens with one attached hydrogen (secondary N) is 3. The minimum atomic E-state index is -0.301. The predicted molar refractivity (Wildman–Crippen MR) is 125 cm³/mol. The Kier molecular flexibility index (Phi) is 5.71. The van der Waals surface area contributed by atoms with Gasteiger partial charge in [-0.3, -0.25) is 15.0 Å². The molecule has 9 heteroatoms. The van der Waals surface area contributed by atoms with Crippen molar-refractivity contribution in [1.29, 1.82) is 0 Å². The summed E-state index contributed by atoms with van der Waals surface area (Å²) in [6.07, 6.45) is 2.98. The van der Waals surface area contributed by atoms with Gasteiger partial charge < -0.3 is 15.0 Å². The number of piperidine rings is 1. The molecule has 3 N–H and O–H groups in total. The molecular formula is C23H25ClN6O2. The molecule has 0 aliphatic carbocycles. The van der Waals surface area contributed by atoms with Crippen LogP contribution < -0.4 is 10.2 Å². The van der Waals surface area contributed by atoms with Gasteiger partial charge in [0.25, 0.3) is 5.91 Å². The second kappa shape index (κ2) is 8.80. The Morgan fingerprint density at radius 1 is 1.22 bits per heavy atom. The first-order chi connectivity index (χ1) is 15.6. The lowest BCUT2D eigenvalue weighted by atomic mass is 10.1. The highest BCUT2D eigenvalue weighted by molar-refractivity contribution is 6.40. The van der Waals surface area contributed by atoms with Gasteiger partial charge in [-0.15, -0.1) is 0 Å². The minimum absolute atomic E-state index is 0.133. The Labute approximate surface area is 190 Å². The largest absolute Gasteiger partial charge is 0.381 e. The van der Waals surface area contributed by atoms with E-state index in [0.29, 0.717) is 28.7 Å². The molecule has 1 aliphatic rings. The van der Waals surface area contributed by atoms with Crippen LogP contribution in [0.3, 0.4) is 0 Å². The molecule has 0 bridgehead atoms. The third-order valence-electron chi connectivity index (χ3n) is 6.06. The van der Waals surface area contributed by atoms with Gasteiger partial charge in [0.1, 0.15) is 11.3 Å². The van der Waals surface area contributed by atoms with E-state index in [4.69, 9.17) is 16.3 Å². The molecule has 0 atom stereocenters. The van der Waals surface area contributed by atoms with E-state index in [1.807, 2.05) is 36.4 Å². The number of hydrogen-bond donors (Lipinski definition) is 3. The summed E-state index contributed by atoms with van der Waals surface area (Å²) in [5.74, 6) is 0.801. The van der Waals surface area contributed by atoms with Crippen molar-refractivity contribution in [3.05, 3.63) is 52.8 Å². The topological polar surface area (TPSA) is 98.9 Å². The van der Waals surface area contributed by atoms with Crippen LogP contribution in [0.4, 0.5) is 5.82 Å². The number of methoxy groups -OCH3 is 1. The number of aromatic nitrogens is 4. The number of hydrogen-bond acceptors (Lipinski definition) is 5. The summed E-state index contributed by atoms with van der Waals surface area (Å²) in [5, 5.41) is 10.7. The molecule has 4 aromatic rings. The Balaban J connectivity index is 1.36. The van der Waals surface area contributed by atoms with Crippen molar-refractivity contribution in [2.45, 2.75) is 25.4 Å². The summed E-state index contributed by atoms with van der Waals surface area (Å²) in [6, 6.07) is 12.0. The highest BCUT2D eigenvalue weighted by atomic mass is 35.5. The van der Waals surface area contributed by atoms with Crippen molar-refractivity contribution >= 4 is 45.3 Å². The third-order valence-corrected chi connectivity index (χ3v) is 6.43. The van der Waals surface area contributed by atoms with Crippen molar-refractivity contribution in [3.8, 4) is 0 Å². The Bertz CT molecular complexity index is 1240. The SMILES string of the molecule is COC1CCN(c2[nH][nH]c3c(Cl)c4nc(C(=O)NCCc5ccccc5)nc4cc23)CC1. The summed E-state index contributed by atoms with van der Waals surface area (Å²) in [4.78, 5) is 23.8. The molecule has 1 saturated heterocycles. The first-order valence-electron chi connectivity index (χ1n) is 10.8. The first-order valence-corrected chi connectivity index (χ1v) is 11.2. The molecule has 0 spiro atoms. The number of benzene rings is 2. The van der Waals surface area contributed by atoms with E-state index in [1.165, 1.54) is 0 Å². The maximum atomic E-state index is 12.6. The first kappa shape index (κ1) is 20.8. The molecule has 32 heavy (non-hydrogen) atoms. The van der Waals surface area contributed by atoms with Gasteiger partial charge >= 0.3 is 0 Å². The molecule has 0 radical (unpaired) electrons. The zero-order chi connectivity index (χ0) is 22.1. The molecule has 0 saturated carbocycles. The van der Waals surface area contributed by atoms with Crippen molar-refractivity contribution < 1.29 is 9.53 Å². The smallest absolute Gasteiger partial charge is 0.289 e. The number of fused-ring (bicyclic) bond motifs is 2. The lowest BCUT2D eigenvalue weighted by Gasteiger charge is -2.31. The lowest BCUT2D eigenvalue weighted by molar-refractivity contribution is 0.0818. The maximum absolute atomic E-state index is 12.6. The average Bonchev–Trinajstić information content (AvgIpc) is 3.45. The number of anilines is 1. The molecule has 2 aromatic heterocycles. The number of aromatic amines is 2. The van der Waals surface area contributed by atoms with Crippen LogP contribution in [0.1, 0.15) is 29.0 Å². The van der Waals surface area contributed by atoms with Gasteiger partial charge in [-0.2, -0.15) is 0 Å². The van der Waals surface area contributed by atoms with E-state index in [2.05, 4.69) is 30.4 Å². The van der Waals surface area contributed by atoms with Gasteiger partial charge in [-0.05, 0) is 30.9 Å². The number of imidazole rings is 1. The van der Waals surface area contributed by atoms with Gasteiger partial charge in [0.05, 0.1) is 22.2 Å². The Morgan fingerprint density at radius 3 is 2.75 bits per heavy atom. The maximum Gasteiger partial charge on any atom is 0.289 e. The second-order valence-electron chi connectivity index (χ2n) is 8.04. The number of carbonyl (C=O) groups is 1. The van der Waals surface area contributed by atoms with E-state index in [0.717, 1.165) is 54.6 Å². The zero-order valence-electron chi connectivity index (χ0n) is 17.8. The lowest BCUT2D eigenvalue weighted by Crippen LogP contribution is -2.36. The van der Waals surface area contributed by atoms with Crippen molar-refractivity contribution in [3.63, 3.8) is 0 Å². The van der Waals surface area contributed by atoms with Crippen molar-refractivity contribution in [2.75, 3.05) is 31.6 Å². The van der Waals surface area contributed by atoms with Gasteiger partial charge in [-0.1, -0.05) is 41.9 Å². The molecule has 1 amide bonds. The molecule has 1 fully saturated rings. The summed E-state index contributed by atoms with van der Waals surface area (Å²) in [6.45, 7) is 2.29. The van der Waals surface area contributed by atoms with Crippen LogP contribution in [-0.2, 0) is 11.2 Å². The fraction of sp³-hybridized carbons (Fsp3) is 0.348. The summed E-state index contributed by atoms with van der Waals surface area (Å²) in [7, 11) is 1.76. The summed E-state index contributed by atoms with van der Waals surface area (Å²) >= 11 is 6.65. The van der Waals surface area contributed by atoms with Crippen LogP contribution >= 0.6 is 11.6 Å². The van der Waals surface area contributed by atoms with Crippen LogP contribution in [-0.4, -0.2) is 58.9 Å². The average molecular weight is 453 g/mol. The molecule has 2 aromatic carbocycles. The normalized spacial score (nSPS) is 15.0. The molecular weight excluding hydrogens is 428 g/mol. The number of carbonyl (C=O) groups excluding carboxylic acids is 1. The number of rotatable bonds is 6. The fourth-order valence-corrected chi connectivity index (χ4v) is 4.56. The quantitative estimate of drug-likeness (QED) is 0.414. The third kappa shape index (κ3) is 3.91. The highest BCUT2D eigenvalue weighted by Crippen LogP contribution is 2.35. The number of halogens is 1. The van der Waals surface area contributed by atoms with Crippen molar-refractivity contribution in [1.82, 2.24) is 25.5 Å². The van der Waals surface area contributed by atoms with Crippen LogP contribution in [0.15, 0.2) is 36.4 Å². The number of nitrogens with zero attached hydrogens (tertiary/aromatic N) is 3. The molecule has 166 valence electrons. The van der Waals surface area contributed by atoms with E-state index in [-0.39, 0.29) is 11.7 Å². The Morgan fingerprint density at radius 2 is 2.00 bits per heavy atom. The molecule has 5 rings (SSSR count). The van der Waals surface area contributed by atoms with Crippen LogP contribution in [0.5, 0.6) is 0 Å². The Hall–Kier alpha value is -3.10. The molecule has 3 heterocycles. The second-order valence-corrected chi connectivity index (χ2v) is 8.42. The van der Waals surface area contributed by atoms with Gasteiger partial charge in [0, 0.05) is 32.1 Å². The van der Waals surface area contributed by atoms with Crippen LogP contribution in [0, 0.1) is 0 Å². The van der Waals surface area contributed by atoms with Gasteiger partial charge in [-0.25, -0.2) is 9.97 Å². The van der Waals surface area contributed by atoms with E-state index >= 15 is 0 Å².